The van der Waals surface area contributed by atoms with Crippen LogP contribution in [0.15, 0.2) is 17.1 Å². The fourth-order valence-corrected chi connectivity index (χ4v) is 6.71. The molecule has 1 saturated heterocycles. The van der Waals surface area contributed by atoms with Crippen LogP contribution in [0, 0.1) is 18.8 Å². The first-order chi connectivity index (χ1) is 16.3. The molecule has 1 saturated carbocycles. The van der Waals surface area contributed by atoms with Crippen molar-refractivity contribution >= 4 is 46.9 Å². The maximum atomic E-state index is 12.9. The summed E-state index contributed by atoms with van der Waals surface area (Å²) in [5.41, 5.74) is 2.33. The Morgan fingerprint density at radius 3 is 2.62 bits per heavy atom. The molecule has 2 aliphatic heterocycles. The first kappa shape index (κ1) is 25.5. The van der Waals surface area contributed by atoms with E-state index in [9.17, 15) is 9.59 Å². The van der Waals surface area contributed by atoms with Gasteiger partial charge >= 0.3 is 0 Å². The van der Waals surface area contributed by atoms with Crippen molar-refractivity contribution in [3.63, 3.8) is 0 Å². The molecule has 6 nitrogen and oxygen atoms in total. The predicted octanol–water partition coefficient (Wildman–Crippen LogP) is 5.38. The fourth-order valence-electron chi connectivity index (χ4n) is 5.47. The summed E-state index contributed by atoms with van der Waals surface area (Å²) >= 11 is 8.29. The van der Waals surface area contributed by atoms with Gasteiger partial charge in [-0.05, 0) is 75.0 Å². The third kappa shape index (κ3) is 5.63. The Labute approximate surface area is 212 Å². The van der Waals surface area contributed by atoms with Gasteiger partial charge in [0.15, 0.2) is 0 Å². The van der Waals surface area contributed by atoms with E-state index in [1.54, 1.807) is 0 Å². The lowest BCUT2D eigenvalue weighted by Gasteiger charge is -2.34. The number of nitrogens with zero attached hydrogens (tertiary/aromatic N) is 2. The number of anilines is 1. The average molecular weight is 505 g/mol. The molecule has 186 valence electrons. The summed E-state index contributed by atoms with van der Waals surface area (Å²) < 4.78 is 2.38. The van der Waals surface area contributed by atoms with Crippen molar-refractivity contribution in [2.75, 3.05) is 24.2 Å². The topological polar surface area (TPSA) is 73.8 Å². The van der Waals surface area contributed by atoms with Gasteiger partial charge in [-0.3, -0.25) is 18.9 Å². The van der Waals surface area contributed by atoms with E-state index < -0.39 is 5.54 Å². The minimum absolute atomic E-state index is 0.120. The Morgan fingerprint density at radius 1 is 1.26 bits per heavy atom. The fraction of sp³-hybridized carbons (Fsp3) is 0.654. The van der Waals surface area contributed by atoms with Gasteiger partial charge in [-0.25, -0.2) is 0 Å². The van der Waals surface area contributed by atoms with Gasteiger partial charge in [-0.1, -0.05) is 43.0 Å². The van der Waals surface area contributed by atoms with E-state index in [0.29, 0.717) is 16.6 Å². The number of aliphatic imine (C=N–C) groups is 1. The molecular formula is C26H37ClN4O2S. The standard InChI is InChI=1S/C26H37ClN4O2S/c1-4-19-5-7-21(8-6-19)24-29-25(33)26(30-24)12-14-31(15-13-26)34-16-11-20-9-10-22(28-18(3)32)23(27)17(20)2/h9-10,19,21H,4-8,11-16H2,1-3H3,(H,28,32)(H,29,30,33)/t19-,21-. The van der Waals surface area contributed by atoms with E-state index in [0.717, 1.165) is 68.3 Å². The predicted molar refractivity (Wildman–Crippen MR) is 142 cm³/mol. The molecule has 0 unspecified atom stereocenters. The van der Waals surface area contributed by atoms with Gasteiger partial charge in [-0.15, -0.1) is 0 Å². The molecule has 3 aliphatic rings. The number of carbonyl (C=O) groups is 2. The van der Waals surface area contributed by atoms with Crippen LogP contribution in [0.4, 0.5) is 5.69 Å². The SMILES string of the molecule is CC[C@H]1CC[C@H](C2=NC3(CCN(SCCc4ccc(NC(C)=O)c(Cl)c4C)CC3)C(=O)N2)CC1. The third-order valence-corrected chi connectivity index (χ3v) is 9.42. The normalized spacial score (nSPS) is 24.7. The molecule has 2 fully saturated rings. The van der Waals surface area contributed by atoms with E-state index in [1.807, 2.05) is 31.0 Å². The summed E-state index contributed by atoms with van der Waals surface area (Å²) in [4.78, 5) is 29.3. The summed E-state index contributed by atoms with van der Waals surface area (Å²) in [5, 5.41) is 6.56. The lowest BCUT2D eigenvalue weighted by atomic mass is 9.80. The van der Waals surface area contributed by atoms with Crippen molar-refractivity contribution in [2.24, 2.45) is 16.8 Å². The summed E-state index contributed by atoms with van der Waals surface area (Å²) in [7, 11) is 0. The van der Waals surface area contributed by atoms with Crippen molar-refractivity contribution in [1.82, 2.24) is 9.62 Å². The molecule has 1 aromatic carbocycles. The number of benzene rings is 1. The van der Waals surface area contributed by atoms with Crippen molar-refractivity contribution in [2.45, 2.75) is 77.7 Å². The monoisotopic (exact) mass is 504 g/mol. The number of carbonyl (C=O) groups excluding carboxylic acids is 2. The molecular weight excluding hydrogens is 468 g/mol. The highest BCUT2D eigenvalue weighted by molar-refractivity contribution is 7.97. The number of halogens is 1. The molecule has 0 bridgehead atoms. The number of amidine groups is 1. The van der Waals surface area contributed by atoms with E-state index in [-0.39, 0.29) is 11.8 Å². The molecule has 1 spiro atoms. The number of nitrogens with one attached hydrogen (secondary N) is 2. The molecule has 4 rings (SSSR count). The number of hydrogen-bond acceptors (Lipinski definition) is 5. The van der Waals surface area contributed by atoms with Crippen LogP contribution in [0.2, 0.25) is 5.02 Å². The van der Waals surface area contributed by atoms with Crippen LogP contribution in [0.1, 0.15) is 69.9 Å². The highest BCUT2D eigenvalue weighted by Crippen LogP contribution is 2.37. The van der Waals surface area contributed by atoms with Crippen LogP contribution >= 0.6 is 23.5 Å². The van der Waals surface area contributed by atoms with Gasteiger partial charge in [0.2, 0.25) is 5.91 Å². The van der Waals surface area contributed by atoms with Gasteiger partial charge in [0, 0.05) is 31.7 Å². The van der Waals surface area contributed by atoms with Crippen molar-refractivity contribution in [1.29, 1.82) is 0 Å². The first-order valence-electron chi connectivity index (χ1n) is 12.7. The van der Waals surface area contributed by atoms with E-state index in [1.165, 1.54) is 31.7 Å². The highest BCUT2D eigenvalue weighted by atomic mass is 35.5. The van der Waals surface area contributed by atoms with Crippen molar-refractivity contribution in [3.8, 4) is 0 Å². The van der Waals surface area contributed by atoms with Gasteiger partial charge < -0.3 is 10.6 Å². The first-order valence-corrected chi connectivity index (χ1v) is 14.0. The Bertz CT molecular complexity index is 950. The average Bonchev–Trinajstić information content (AvgIpc) is 3.15. The van der Waals surface area contributed by atoms with Crippen LogP contribution < -0.4 is 10.6 Å². The largest absolute Gasteiger partial charge is 0.325 e. The summed E-state index contributed by atoms with van der Waals surface area (Å²) in [5.74, 6) is 3.20. The summed E-state index contributed by atoms with van der Waals surface area (Å²) in [6.07, 6.45) is 8.57. The molecule has 1 aromatic rings. The molecule has 0 atom stereocenters. The zero-order valence-electron chi connectivity index (χ0n) is 20.6. The Kier molecular flexibility index (Phi) is 8.26. The quantitative estimate of drug-likeness (QED) is 0.489. The Hall–Kier alpha value is -1.57. The van der Waals surface area contributed by atoms with Gasteiger partial charge in [0.25, 0.3) is 5.91 Å². The number of piperidine rings is 1. The van der Waals surface area contributed by atoms with Crippen molar-refractivity contribution in [3.05, 3.63) is 28.3 Å². The van der Waals surface area contributed by atoms with Gasteiger partial charge in [0.05, 0.1) is 10.7 Å². The van der Waals surface area contributed by atoms with E-state index in [2.05, 4.69) is 21.9 Å². The second-order valence-corrected chi connectivity index (χ2v) is 11.6. The Balaban J connectivity index is 1.27. The lowest BCUT2D eigenvalue weighted by molar-refractivity contribution is -0.125. The van der Waals surface area contributed by atoms with Crippen LogP contribution in [-0.4, -0.2) is 46.3 Å². The summed E-state index contributed by atoms with van der Waals surface area (Å²) in [6, 6.07) is 3.93. The maximum Gasteiger partial charge on any atom is 0.253 e. The zero-order valence-corrected chi connectivity index (χ0v) is 22.2. The molecule has 2 N–H and O–H groups in total. The smallest absolute Gasteiger partial charge is 0.253 e. The molecule has 2 heterocycles. The zero-order chi connectivity index (χ0) is 24.3. The molecule has 8 heteroatoms. The number of aryl methyl sites for hydroxylation is 1. The lowest BCUT2D eigenvalue weighted by Crippen LogP contribution is -2.47. The molecule has 0 aromatic heterocycles. The molecule has 2 amide bonds. The molecule has 1 aliphatic carbocycles. The van der Waals surface area contributed by atoms with Crippen LogP contribution in [0.5, 0.6) is 0 Å². The second-order valence-electron chi connectivity index (χ2n) is 10.0. The highest BCUT2D eigenvalue weighted by Gasteiger charge is 2.47. The van der Waals surface area contributed by atoms with Crippen LogP contribution in [0.25, 0.3) is 0 Å². The minimum atomic E-state index is -0.544. The van der Waals surface area contributed by atoms with Gasteiger partial charge in [0.1, 0.15) is 11.4 Å². The number of hydrogen-bond donors (Lipinski definition) is 2. The minimum Gasteiger partial charge on any atom is -0.325 e. The summed E-state index contributed by atoms with van der Waals surface area (Å²) in [6.45, 7) is 7.51. The second kappa shape index (κ2) is 11.0. The Morgan fingerprint density at radius 2 is 1.97 bits per heavy atom. The maximum absolute atomic E-state index is 12.9. The third-order valence-electron chi connectivity index (χ3n) is 7.81. The number of amides is 2. The van der Waals surface area contributed by atoms with E-state index in [4.69, 9.17) is 16.6 Å². The van der Waals surface area contributed by atoms with Crippen molar-refractivity contribution < 1.29 is 9.59 Å². The van der Waals surface area contributed by atoms with Crippen LogP contribution in [-0.2, 0) is 16.0 Å². The van der Waals surface area contributed by atoms with Gasteiger partial charge in [-0.2, -0.15) is 0 Å². The molecule has 0 radical (unpaired) electrons. The molecule has 34 heavy (non-hydrogen) atoms. The number of rotatable bonds is 7. The van der Waals surface area contributed by atoms with Crippen LogP contribution in [0.3, 0.4) is 0 Å². The van der Waals surface area contributed by atoms with E-state index >= 15 is 0 Å².